The molecule has 114 valence electrons. The molecule has 0 saturated heterocycles. The molecule has 1 atom stereocenters. The van der Waals surface area contributed by atoms with Crippen molar-refractivity contribution in [2.45, 2.75) is 26.4 Å². The highest BCUT2D eigenvalue weighted by Crippen LogP contribution is 2.28. The Bertz CT molecular complexity index is 749. The van der Waals surface area contributed by atoms with Crippen LogP contribution in [0, 0.1) is 0 Å². The highest BCUT2D eigenvalue weighted by Gasteiger charge is 2.16. The number of anilines is 1. The molecule has 0 saturated carbocycles. The largest absolute Gasteiger partial charge is 0.389 e. The second-order valence-corrected chi connectivity index (χ2v) is 5.45. The van der Waals surface area contributed by atoms with Crippen LogP contribution < -0.4 is 5.01 Å². The molecule has 0 amide bonds. The third-order valence-corrected chi connectivity index (χ3v) is 3.83. The van der Waals surface area contributed by atoms with Gasteiger partial charge >= 0.3 is 0 Å². The van der Waals surface area contributed by atoms with Gasteiger partial charge < -0.3 is 5.11 Å². The minimum absolute atomic E-state index is 0.493. The van der Waals surface area contributed by atoms with Crippen LogP contribution in [0.1, 0.15) is 31.9 Å². The maximum atomic E-state index is 10.1. The standard InChI is InChI=1S/C18H21N3O/c1-3-12-20(15-8-10-19-11-9-15)21-13-17(14(2)22)16-6-4-5-7-18(16)21/h4-11,13-14,22H,3,12H2,1-2H3. The minimum atomic E-state index is -0.493. The SMILES string of the molecule is CCCN(c1ccncc1)n1cc(C(C)O)c2ccccc21. The number of para-hydroxylation sites is 1. The van der Waals surface area contributed by atoms with E-state index in [0.29, 0.717) is 0 Å². The Kier molecular flexibility index (Phi) is 4.11. The Balaban J connectivity index is 2.18. The summed E-state index contributed by atoms with van der Waals surface area (Å²) in [6.07, 6.45) is 6.18. The smallest absolute Gasteiger partial charge is 0.0783 e. The maximum Gasteiger partial charge on any atom is 0.0783 e. The van der Waals surface area contributed by atoms with Crippen LogP contribution in [-0.4, -0.2) is 21.3 Å². The molecule has 0 spiro atoms. The summed E-state index contributed by atoms with van der Waals surface area (Å²) in [5, 5.41) is 13.4. The fourth-order valence-corrected chi connectivity index (χ4v) is 2.81. The number of hydrogen-bond donors (Lipinski definition) is 1. The summed E-state index contributed by atoms with van der Waals surface area (Å²) < 4.78 is 2.14. The van der Waals surface area contributed by atoms with E-state index in [-0.39, 0.29) is 0 Å². The van der Waals surface area contributed by atoms with Crippen molar-refractivity contribution in [1.29, 1.82) is 0 Å². The number of pyridine rings is 1. The molecule has 1 aromatic carbocycles. The minimum Gasteiger partial charge on any atom is -0.389 e. The van der Waals surface area contributed by atoms with Gasteiger partial charge in [-0.25, -0.2) is 0 Å². The highest BCUT2D eigenvalue weighted by atomic mass is 16.3. The summed E-state index contributed by atoms with van der Waals surface area (Å²) in [5.74, 6) is 0. The maximum absolute atomic E-state index is 10.1. The monoisotopic (exact) mass is 295 g/mol. The Hall–Kier alpha value is -2.33. The van der Waals surface area contributed by atoms with Gasteiger partial charge in [-0.3, -0.25) is 14.7 Å². The van der Waals surface area contributed by atoms with Crippen LogP contribution in [0.15, 0.2) is 55.0 Å². The summed E-state index contributed by atoms with van der Waals surface area (Å²) >= 11 is 0. The number of nitrogens with zero attached hydrogens (tertiary/aromatic N) is 3. The van der Waals surface area contributed by atoms with E-state index in [0.717, 1.165) is 35.1 Å². The van der Waals surface area contributed by atoms with E-state index in [1.54, 1.807) is 12.4 Å². The summed E-state index contributed by atoms with van der Waals surface area (Å²) in [6, 6.07) is 12.2. The van der Waals surface area contributed by atoms with Gasteiger partial charge in [-0.15, -0.1) is 0 Å². The number of hydrogen-bond acceptors (Lipinski definition) is 3. The van der Waals surface area contributed by atoms with Crippen molar-refractivity contribution in [1.82, 2.24) is 9.66 Å². The van der Waals surface area contributed by atoms with Crippen LogP contribution in [0.5, 0.6) is 0 Å². The molecule has 1 unspecified atom stereocenters. The zero-order valence-corrected chi connectivity index (χ0v) is 13.0. The van der Waals surface area contributed by atoms with Gasteiger partial charge in [0.15, 0.2) is 0 Å². The van der Waals surface area contributed by atoms with E-state index in [9.17, 15) is 5.11 Å². The van der Waals surface area contributed by atoms with E-state index >= 15 is 0 Å². The molecule has 4 nitrogen and oxygen atoms in total. The van der Waals surface area contributed by atoms with Gasteiger partial charge in [0, 0.05) is 36.1 Å². The van der Waals surface area contributed by atoms with Crippen LogP contribution in [-0.2, 0) is 0 Å². The van der Waals surface area contributed by atoms with Crippen LogP contribution in [0.2, 0.25) is 0 Å². The molecule has 0 aliphatic rings. The number of benzene rings is 1. The molecule has 3 aromatic rings. The predicted molar refractivity (Wildman–Crippen MR) is 89.8 cm³/mol. The fourth-order valence-electron chi connectivity index (χ4n) is 2.81. The first kappa shape index (κ1) is 14.6. The van der Waals surface area contributed by atoms with Gasteiger partial charge in [0.25, 0.3) is 0 Å². The molecular weight excluding hydrogens is 274 g/mol. The van der Waals surface area contributed by atoms with Gasteiger partial charge in [-0.05, 0) is 31.5 Å². The van der Waals surface area contributed by atoms with Crippen LogP contribution in [0.4, 0.5) is 5.69 Å². The third-order valence-electron chi connectivity index (χ3n) is 3.83. The lowest BCUT2D eigenvalue weighted by Gasteiger charge is -2.26. The van der Waals surface area contributed by atoms with Crippen LogP contribution >= 0.6 is 0 Å². The lowest BCUT2D eigenvalue weighted by Crippen LogP contribution is -2.29. The molecule has 2 aromatic heterocycles. The number of rotatable bonds is 5. The molecule has 1 N–H and O–H groups in total. The zero-order valence-electron chi connectivity index (χ0n) is 13.0. The first-order chi connectivity index (χ1) is 10.7. The summed E-state index contributed by atoms with van der Waals surface area (Å²) in [7, 11) is 0. The van der Waals surface area contributed by atoms with Gasteiger partial charge in [0.1, 0.15) is 0 Å². The zero-order chi connectivity index (χ0) is 15.5. The Labute approximate surface area is 130 Å². The second-order valence-electron chi connectivity index (χ2n) is 5.45. The Morgan fingerprint density at radius 3 is 2.59 bits per heavy atom. The first-order valence-electron chi connectivity index (χ1n) is 7.68. The van der Waals surface area contributed by atoms with E-state index in [4.69, 9.17) is 0 Å². The third kappa shape index (κ3) is 2.57. The summed E-state index contributed by atoms with van der Waals surface area (Å²) in [5.41, 5.74) is 3.14. The average Bonchev–Trinajstić information content (AvgIpc) is 2.93. The molecule has 2 heterocycles. The highest BCUT2D eigenvalue weighted by molar-refractivity contribution is 5.85. The van der Waals surface area contributed by atoms with E-state index in [1.165, 1.54) is 0 Å². The summed E-state index contributed by atoms with van der Waals surface area (Å²) in [6.45, 7) is 4.86. The Morgan fingerprint density at radius 1 is 1.18 bits per heavy atom. The van der Waals surface area contributed by atoms with E-state index < -0.39 is 6.10 Å². The quantitative estimate of drug-likeness (QED) is 0.779. The number of fused-ring (bicyclic) bond motifs is 1. The van der Waals surface area contributed by atoms with Crippen molar-refractivity contribution in [3.63, 3.8) is 0 Å². The molecule has 0 bridgehead atoms. The van der Waals surface area contributed by atoms with Crippen molar-refractivity contribution in [3.05, 3.63) is 60.6 Å². The van der Waals surface area contributed by atoms with Gasteiger partial charge in [-0.1, -0.05) is 25.1 Å². The first-order valence-corrected chi connectivity index (χ1v) is 7.68. The van der Waals surface area contributed by atoms with Crippen molar-refractivity contribution < 1.29 is 5.11 Å². The van der Waals surface area contributed by atoms with Crippen molar-refractivity contribution in [2.24, 2.45) is 0 Å². The fraction of sp³-hybridized carbons (Fsp3) is 0.278. The van der Waals surface area contributed by atoms with Gasteiger partial charge in [0.2, 0.25) is 0 Å². The molecule has 0 aliphatic heterocycles. The molecule has 0 radical (unpaired) electrons. The second kappa shape index (κ2) is 6.20. The molecule has 0 fully saturated rings. The topological polar surface area (TPSA) is 41.3 Å². The van der Waals surface area contributed by atoms with Gasteiger partial charge in [-0.2, -0.15) is 0 Å². The lowest BCUT2D eigenvalue weighted by molar-refractivity contribution is 0.200. The van der Waals surface area contributed by atoms with E-state index in [1.807, 2.05) is 37.4 Å². The number of aliphatic hydroxyl groups excluding tert-OH is 1. The van der Waals surface area contributed by atoms with E-state index in [2.05, 4.69) is 33.7 Å². The molecule has 0 aliphatic carbocycles. The van der Waals surface area contributed by atoms with Gasteiger partial charge in [0.05, 0.1) is 17.3 Å². The van der Waals surface area contributed by atoms with Crippen molar-refractivity contribution >= 4 is 16.6 Å². The predicted octanol–water partition coefficient (Wildman–Crippen LogP) is 3.77. The number of aromatic nitrogens is 2. The molecular formula is C18H21N3O. The van der Waals surface area contributed by atoms with Crippen molar-refractivity contribution in [3.8, 4) is 0 Å². The van der Waals surface area contributed by atoms with Crippen LogP contribution in [0.25, 0.3) is 10.9 Å². The molecule has 3 rings (SSSR count). The normalized spacial score (nSPS) is 12.5. The number of aliphatic hydroxyl groups is 1. The lowest BCUT2D eigenvalue weighted by atomic mass is 10.1. The molecule has 22 heavy (non-hydrogen) atoms. The summed E-state index contributed by atoms with van der Waals surface area (Å²) in [4.78, 5) is 4.10. The Morgan fingerprint density at radius 2 is 1.91 bits per heavy atom. The van der Waals surface area contributed by atoms with Crippen molar-refractivity contribution in [2.75, 3.05) is 11.6 Å². The average molecular weight is 295 g/mol. The van der Waals surface area contributed by atoms with Crippen LogP contribution in [0.3, 0.4) is 0 Å². The molecule has 4 heteroatoms.